The molecule has 0 aliphatic carbocycles. The predicted octanol–water partition coefficient (Wildman–Crippen LogP) is 3.04. The number of hydrogen-bond acceptors (Lipinski definition) is 3. The molecule has 0 spiro atoms. The first kappa shape index (κ1) is 16.0. The third kappa shape index (κ3) is 2.70. The van der Waals surface area contributed by atoms with E-state index in [0.717, 1.165) is 0 Å². The van der Waals surface area contributed by atoms with Crippen LogP contribution in [-0.4, -0.2) is 33.0 Å². The van der Waals surface area contributed by atoms with E-state index in [9.17, 15) is 22.8 Å². The van der Waals surface area contributed by atoms with Crippen LogP contribution in [0.4, 0.5) is 13.2 Å². The van der Waals surface area contributed by atoms with Crippen molar-refractivity contribution in [2.45, 2.75) is 18.8 Å². The van der Waals surface area contributed by atoms with Crippen LogP contribution >= 0.6 is 0 Å². The van der Waals surface area contributed by atoms with Crippen molar-refractivity contribution >= 4 is 11.9 Å². The molecule has 1 aliphatic heterocycles. The number of pyridine rings is 1. The van der Waals surface area contributed by atoms with Gasteiger partial charge in [-0.25, -0.2) is 9.78 Å². The van der Waals surface area contributed by atoms with Crippen molar-refractivity contribution in [1.82, 2.24) is 9.88 Å². The van der Waals surface area contributed by atoms with E-state index < -0.39 is 30.6 Å². The number of alkyl halides is 3. The molecule has 1 amide bonds. The van der Waals surface area contributed by atoms with Crippen LogP contribution in [-0.2, 0) is 6.54 Å². The quantitative estimate of drug-likeness (QED) is 0.935. The summed E-state index contributed by atoms with van der Waals surface area (Å²) in [7, 11) is 0. The minimum Gasteiger partial charge on any atom is -0.477 e. The SMILES string of the molecule is O=C(O)c1cccc(CN2C(=O)c3ccccc3C2C(F)(F)F)n1. The summed E-state index contributed by atoms with van der Waals surface area (Å²) in [4.78, 5) is 27.7. The Balaban J connectivity index is 1.99. The standard InChI is InChI=1S/C16H11F3N2O3/c17-16(18,19)13-10-5-1-2-6-11(10)14(22)21(13)8-9-4-3-7-12(20-9)15(23)24/h1-7,13H,8H2,(H,23,24). The van der Waals surface area contributed by atoms with E-state index in [1.165, 1.54) is 42.5 Å². The van der Waals surface area contributed by atoms with Crippen LogP contribution in [0, 0.1) is 0 Å². The van der Waals surface area contributed by atoms with Gasteiger partial charge in [-0.05, 0) is 23.8 Å². The summed E-state index contributed by atoms with van der Waals surface area (Å²) >= 11 is 0. The molecule has 0 saturated heterocycles. The maximum atomic E-state index is 13.5. The lowest BCUT2D eigenvalue weighted by atomic mass is 10.0. The first-order valence-electron chi connectivity index (χ1n) is 6.95. The van der Waals surface area contributed by atoms with Crippen molar-refractivity contribution in [3.8, 4) is 0 Å². The van der Waals surface area contributed by atoms with Crippen LogP contribution in [0.25, 0.3) is 0 Å². The Morgan fingerprint density at radius 2 is 1.88 bits per heavy atom. The molecule has 0 bridgehead atoms. The number of nitrogens with zero attached hydrogens (tertiary/aromatic N) is 2. The molecule has 1 N–H and O–H groups in total. The molecule has 1 aromatic heterocycles. The van der Waals surface area contributed by atoms with Gasteiger partial charge in [0.05, 0.1) is 12.2 Å². The first-order chi connectivity index (χ1) is 11.3. The van der Waals surface area contributed by atoms with Crippen LogP contribution in [0.15, 0.2) is 42.5 Å². The smallest absolute Gasteiger partial charge is 0.413 e. The van der Waals surface area contributed by atoms with Gasteiger partial charge in [0.2, 0.25) is 0 Å². The average Bonchev–Trinajstić information content (AvgIpc) is 2.80. The minimum atomic E-state index is -4.65. The molecule has 1 atom stereocenters. The normalized spacial score (nSPS) is 17.0. The second kappa shape index (κ2) is 5.63. The summed E-state index contributed by atoms with van der Waals surface area (Å²) in [6.45, 7) is -0.432. The van der Waals surface area contributed by atoms with Gasteiger partial charge in [0, 0.05) is 5.56 Å². The minimum absolute atomic E-state index is 0.00536. The number of aromatic nitrogens is 1. The highest BCUT2D eigenvalue weighted by atomic mass is 19.4. The van der Waals surface area contributed by atoms with Gasteiger partial charge in [0.15, 0.2) is 6.04 Å². The zero-order valence-electron chi connectivity index (χ0n) is 12.1. The number of rotatable bonds is 3. The summed E-state index contributed by atoms with van der Waals surface area (Å²) < 4.78 is 40.4. The predicted molar refractivity (Wildman–Crippen MR) is 76.3 cm³/mol. The lowest BCUT2D eigenvalue weighted by Gasteiger charge is -2.27. The Morgan fingerprint density at radius 1 is 1.17 bits per heavy atom. The van der Waals surface area contributed by atoms with Crippen molar-refractivity contribution in [2.75, 3.05) is 0 Å². The highest BCUT2D eigenvalue weighted by molar-refractivity contribution is 5.99. The van der Waals surface area contributed by atoms with Gasteiger partial charge >= 0.3 is 12.1 Å². The Labute approximate surface area is 134 Å². The second-order valence-electron chi connectivity index (χ2n) is 5.28. The highest BCUT2D eigenvalue weighted by Gasteiger charge is 2.52. The van der Waals surface area contributed by atoms with Gasteiger partial charge in [0.25, 0.3) is 5.91 Å². The fourth-order valence-electron chi connectivity index (χ4n) is 2.75. The maximum Gasteiger partial charge on any atom is 0.413 e. The molecule has 1 unspecified atom stereocenters. The van der Waals surface area contributed by atoms with Gasteiger partial charge in [-0.3, -0.25) is 4.79 Å². The number of aromatic carboxylic acids is 1. The summed E-state index contributed by atoms with van der Waals surface area (Å²) in [5, 5.41) is 8.92. The van der Waals surface area contributed by atoms with E-state index in [4.69, 9.17) is 5.11 Å². The number of carbonyl (C=O) groups is 2. The molecule has 2 aromatic rings. The van der Waals surface area contributed by atoms with Crippen molar-refractivity contribution in [3.05, 3.63) is 65.0 Å². The highest BCUT2D eigenvalue weighted by Crippen LogP contribution is 2.44. The van der Waals surface area contributed by atoms with E-state index in [1.807, 2.05) is 0 Å². The van der Waals surface area contributed by atoms with Gasteiger partial charge in [0.1, 0.15) is 5.69 Å². The third-order valence-corrected chi connectivity index (χ3v) is 3.73. The molecule has 1 aromatic carbocycles. The Bertz CT molecular complexity index is 820. The van der Waals surface area contributed by atoms with Gasteiger partial charge in [-0.1, -0.05) is 24.3 Å². The van der Waals surface area contributed by atoms with Crippen LogP contribution in [0.5, 0.6) is 0 Å². The number of carboxylic acids is 1. The van der Waals surface area contributed by atoms with Crippen molar-refractivity contribution in [3.63, 3.8) is 0 Å². The molecule has 2 heterocycles. The largest absolute Gasteiger partial charge is 0.477 e. The van der Waals surface area contributed by atoms with Crippen LogP contribution in [0.2, 0.25) is 0 Å². The van der Waals surface area contributed by atoms with Gasteiger partial charge in [-0.2, -0.15) is 13.2 Å². The van der Waals surface area contributed by atoms with E-state index in [1.54, 1.807) is 0 Å². The fraction of sp³-hybridized carbons (Fsp3) is 0.188. The van der Waals surface area contributed by atoms with Crippen molar-refractivity contribution < 1.29 is 27.9 Å². The number of carboxylic acid groups (broad SMARTS) is 1. The van der Waals surface area contributed by atoms with Crippen LogP contribution in [0.1, 0.15) is 38.1 Å². The Morgan fingerprint density at radius 3 is 2.54 bits per heavy atom. The number of halogens is 3. The average molecular weight is 336 g/mol. The number of benzene rings is 1. The monoisotopic (exact) mass is 336 g/mol. The summed E-state index contributed by atoms with van der Waals surface area (Å²) in [5.41, 5.74) is -0.330. The zero-order valence-corrected chi connectivity index (χ0v) is 12.1. The molecular formula is C16H11F3N2O3. The topological polar surface area (TPSA) is 70.5 Å². The fourth-order valence-corrected chi connectivity index (χ4v) is 2.75. The Kier molecular flexibility index (Phi) is 3.75. The van der Waals surface area contributed by atoms with Crippen molar-refractivity contribution in [2.24, 2.45) is 0 Å². The number of amides is 1. The molecule has 0 fully saturated rings. The van der Waals surface area contributed by atoms with E-state index >= 15 is 0 Å². The lowest BCUT2D eigenvalue weighted by Crippen LogP contribution is -2.36. The number of fused-ring (bicyclic) bond motifs is 1. The van der Waals surface area contributed by atoms with Gasteiger partial charge in [-0.15, -0.1) is 0 Å². The summed E-state index contributed by atoms with van der Waals surface area (Å²) in [6, 6.07) is 7.47. The molecular weight excluding hydrogens is 325 g/mol. The van der Waals surface area contributed by atoms with Gasteiger partial charge < -0.3 is 10.0 Å². The number of hydrogen-bond donors (Lipinski definition) is 1. The van der Waals surface area contributed by atoms with E-state index in [0.29, 0.717) is 4.90 Å². The molecule has 8 heteroatoms. The zero-order chi connectivity index (χ0) is 17.5. The Hall–Kier alpha value is -2.90. The lowest BCUT2D eigenvalue weighted by molar-refractivity contribution is -0.177. The molecule has 5 nitrogen and oxygen atoms in total. The number of carbonyl (C=O) groups excluding carboxylic acids is 1. The third-order valence-electron chi connectivity index (χ3n) is 3.73. The molecule has 0 radical (unpaired) electrons. The molecule has 0 saturated carbocycles. The molecule has 1 aliphatic rings. The van der Waals surface area contributed by atoms with Crippen molar-refractivity contribution in [1.29, 1.82) is 0 Å². The van der Waals surface area contributed by atoms with Crippen LogP contribution in [0.3, 0.4) is 0 Å². The van der Waals surface area contributed by atoms with E-state index in [-0.39, 0.29) is 22.5 Å². The maximum absolute atomic E-state index is 13.5. The molecule has 3 rings (SSSR count). The summed E-state index contributed by atoms with van der Waals surface area (Å²) in [6.07, 6.45) is -4.65. The van der Waals surface area contributed by atoms with Crippen LogP contribution < -0.4 is 0 Å². The first-order valence-corrected chi connectivity index (χ1v) is 6.95. The second-order valence-corrected chi connectivity index (χ2v) is 5.28. The summed E-state index contributed by atoms with van der Waals surface area (Å²) in [5.74, 6) is -2.05. The molecule has 124 valence electrons. The van der Waals surface area contributed by atoms with E-state index in [2.05, 4.69) is 4.98 Å². The molecule has 24 heavy (non-hydrogen) atoms.